The Hall–Kier alpha value is -2.27. The van der Waals surface area contributed by atoms with E-state index < -0.39 is 0 Å². The molecule has 1 aliphatic rings. The van der Waals surface area contributed by atoms with Gasteiger partial charge in [0.2, 0.25) is 0 Å². The lowest BCUT2D eigenvalue weighted by atomic mass is 10.2. The predicted octanol–water partition coefficient (Wildman–Crippen LogP) is 2.46. The van der Waals surface area contributed by atoms with Crippen LogP contribution in [0.25, 0.3) is 0 Å². The van der Waals surface area contributed by atoms with E-state index in [1.54, 1.807) is 31.2 Å². The van der Waals surface area contributed by atoms with Crippen LogP contribution in [0.15, 0.2) is 52.1 Å². The normalized spacial score (nSPS) is 14.3. The molecule has 30 heavy (non-hydrogen) atoms. The van der Waals surface area contributed by atoms with Gasteiger partial charge in [0.1, 0.15) is 5.75 Å². The van der Waals surface area contributed by atoms with Crippen LogP contribution in [0.3, 0.4) is 0 Å². The highest BCUT2D eigenvalue weighted by Crippen LogP contribution is 2.17. The largest absolute Gasteiger partial charge is 0.496 e. The van der Waals surface area contributed by atoms with Gasteiger partial charge in [0.15, 0.2) is 11.7 Å². The molecule has 1 amide bonds. The van der Waals surface area contributed by atoms with Gasteiger partial charge in [-0.05, 0) is 18.2 Å². The van der Waals surface area contributed by atoms with Gasteiger partial charge in [-0.15, -0.1) is 24.0 Å². The van der Waals surface area contributed by atoms with Crippen molar-refractivity contribution in [1.29, 1.82) is 0 Å². The molecule has 0 unspecified atom stereocenters. The monoisotopic (exact) mass is 528 g/mol. The molecule has 0 radical (unpaired) electrons. The van der Waals surface area contributed by atoms with E-state index in [2.05, 4.69) is 15.2 Å². The zero-order valence-electron chi connectivity index (χ0n) is 17.4. The molecule has 1 aromatic heterocycles. The van der Waals surface area contributed by atoms with Crippen LogP contribution in [0.5, 0.6) is 5.75 Å². The predicted molar refractivity (Wildman–Crippen MR) is 126 cm³/mol. The molecule has 0 spiro atoms. The first-order valence-corrected chi connectivity index (χ1v) is 9.71. The van der Waals surface area contributed by atoms with Crippen molar-refractivity contribution in [3.63, 3.8) is 0 Å². The molecule has 2 heterocycles. The topological polar surface area (TPSA) is 79.5 Å². The van der Waals surface area contributed by atoms with Gasteiger partial charge in [0, 0.05) is 45.3 Å². The van der Waals surface area contributed by atoms with Crippen LogP contribution in [-0.4, -0.2) is 75.2 Å². The number of amides is 1. The van der Waals surface area contributed by atoms with Crippen LogP contribution >= 0.6 is 24.0 Å². The maximum Gasteiger partial charge on any atom is 0.289 e. The Balaban J connectivity index is 0.00000320. The van der Waals surface area contributed by atoms with Crippen LogP contribution in [0.4, 0.5) is 0 Å². The molecule has 1 aliphatic heterocycles. The third kappa shape index (κ3) is 6.36. The number of hydrogen-bond acceptors (Lipinski definition) is 5. The number of furan rings is 1. The van der Waals surface area contributed by atoms with Gasteiger partial charge >= 0.3 is 0 Å². The van der Waals surface area contributed by atoms with E-state index in [0.717, 1.165) is 17.3 Å². The van der Waals surface area contributed by atoms with Gasteiger partial charge in [-0.2, -0.15) is 0 Å². The quantitative estimate of drug-likeness (QED) is 0.258. The number of benzene rings is 1. The highest BCUT2D eigenvalue weighted by molar-refractivity contribution is 14.0. The number of ether oxygens (including phenoxy) is 2. The zero-order chi connectivity index (χ0) is 20.5. The van der Waals surface area contributed by atoms with E-state index >= 15 is 0 Å². The number of aliphatic imine (C=N–C) groups is 1. The Morgan fingerprint density at radius 3 is 2.53 bits per heavy atom. The summed E-state index contributed by atoms with van der Waals surface area (Å²) in [4.78, 5) is 20.7. The fraction of sp³-hybridized carbons (Fsp3) is 0.429. The number of guanidine groups is 1. The van der Waals surface area contributed by atoms with E-state index in [0.29, 0.717) is 51.7 Å². The third-order valence-electron chi connectivity index (χ3n) is 4.79. The summed E-state index contributed by atoms with van der Waals surface area (Å²) in [6.45, 7) is 4.39. The molecular formula is C21H29IN4O4. The second-order valence-corrected chi connectivity index (χ2v) is 6.59. The first kappa shape index (κ1) is 24.0. The van der Waals surface area contributed by atoms with Crippen molar-refractivity contribution < 1.29 is 18.7 Å². The molecule has 2 aromatic rings. The fourth-order valence-corrected chi connectivity index (χ4v) is 3.25. The van der Waals surface area contributed by atoms with E-state index in [9.17, 15) is 4.79 Å². The van der Waals surface area contributed by atoms with E-state index in [1.165, 1.54) is 6.26 Å². The fourth-order valence-electron chi connectivity index (χ4n) is 3.25. The molecular weight excluding hydrogens is 499 g/mol. The second-order valence-electron chi connectivity index (χ2n) is 6.59. The van der Waals surface area contributed by atoms with Gasteiger partial charge < -0.3 is 29.0 Å². The molecule has 164 valence electrons. The molecule has 1 saturated heterocycles. The standard InChI is InChI=1S/C21H28N4O4.HI/c1-22-21(23-9-15-28-16-17-6-3-4-7-18(17)27-2)25-12-10-24(11-13-25)20(26)19-8-5-14-29-19;/h3-8,14H,9-13,15-16H2,1-2H3,(H,22,23);1H. The molecule has 0 atom stereocenters. The maximum atomic E-state index is 12.4. The van der Waals surface area contributed by atoms with E-state index in [1.807, 2.05) is 24.3 Å². The summed E-state index contributed by atoms with van der Waals surface area (Å²) in [6.07, 6.45) is 1.52. The molecule has 0 bridgehead atoms. The lowest BCUT2D eigenvalue weighted by molar-refractivity contribution is 0.0657. The first-order chi connectivity index (χ1) is 14.2. The van der Waals surface area contributed by atoms with Crippen LogP contribution in [0.1, 0.15) is 16.1 Å². The molecule has 0 aliphatic carbocycles. The highest BCUT2D eigenvalue weighted by Gasteiger charge is 2.25. The van der Waals surface area contributed by atoms with Gasteiger partial charge in [-0.25, -0.2) is 0 Å². The molecule has 1 N–H and O–H groups in total. The van der Waals surface area contributed by atoms with Crippen LogP contribution < -0.4 is 10.1 Å². The number of carbonyl (C=O) groups excluding carboxylic acids is 1. The smallest absolute Gasteiger partial charge is 0.289 e. The van der Waals surface area contributed by atoms with Crippen molar-refractivity contribution in [1.82, 2.24) is 15.1 Å². The van der Waals surface area contributed by atoms with Crippen molar-refractivity contribution in [2.75, 3.05) is 53.5 Å². The third-order valence-corrected chi connectivity index (χ3v) is 4.79. The van der Waals surface area contributed by atoms with Crippen molar-refractivity contribution in [3.8, 4) is 5.75 Å². The Bertz CT molecular complexity index is 805. The van der Waals surface area contributed by atoms with Crippen LogP contribution in [0.2, 0.25) is 0 Å². The lowest BCUT2D eigenvalue weighted by Gasteiger charge is -2.36. The van der Waals surface area contributed by atoms with Crippen LogP contribution in [-0.2, 0) is 11.3 Å². The number of halogens is 1. The van der Waals surface area contributed by atoms with Gasteiger partial charge in [0.25, 0.3) is 5.91 Å². The lowest BCUT2D eigenvalue weighted by Crippen LogP contribution is -2.54. The summed E-state index contributed by atoms with van der Waals surface area (Å²) in [5.41, 5.74) is 1.02. The molecule has 1 fully saturated rings. The number of carbonyl (C=O) groups is 1. The number of nitrogens with zero attached hydrogens (tertiary/aromatic N) is 3. The van der Waals surface area contributed by atoms with E-state index in [4.69, 9.17) is 13.9 Å². The molecule has 0 saturated carbocycles. The van der Waals surface area contributed by atoms with Gasteiger partial charge in [-0.3, -0.25) is 9.79 Å². The minimum absolute atomic E-state index is 0. The molecule has 8 nitrogen and oxygen atoms in total. The Labute approximate surface area is 194 Å². The Kier molecular flexibility index (Phi) is 9.95. The molecule has 3 rings (SSSR count). The average molecular weight is 528 g/mol. The van der Waals surface area contributed by atoms with Crippen LogP contribution in [0, 0.1) is 0 Å². The van der Waals surface area contributed by atoms with Crippen molar-refractivity contribution in [2.24, 2.45) is 4.99 Å². The number of nitrogens with one attached hydrogen (secondary N) is 1. The zero-order valence-corrected chi connectivity index (χ0v) is 19.7. The summed E-state index contributed by atoms with van der Waals surface area (Å²) in [6, 6.07) is 11.3. The first-order valence-electron chi connectivity index (χ1n) is 9.71. The van der Waals surface area contributed by atoms with E-state index in [-0.39, 0.29) is 29.9 Å². The van der Waals surface area contributed by atoms with Gasteiger partial charge in [-0.1, -0.05) is 18.2 Å². The SMILES string of the molecule is CN=C(NCCOCc1ccccc1OC)N1CCN(C(=O)c2ccco2)CC1.I. The van der Waals surface area contributed by atoms with Crippen molar-refractivity contribution >= 4 is 35.8 Å². The number of hydrogen-bond donors (Lipinski definition) is 1. The summed E-state index contributed by atoms with van der Waals surface area (Å²) in [5, 5.41) is 3.32. The Morgan fingerprint density at radius 1 is 1.13 bits per heavy atom. The van der Waals surface area contributed by atoms with Crippen molar-refractivity contribution in [3.05, 3.63) is 54.0 Å². The second kappa shape index (κ2) is 12.4. The number of methoxy groups -OCH3 is 1. The minimum Gasteiger partial charge on any atom is -0.496 e. The molecule has 1 aromatic carbocycles. The Morgan fingerprint density at radius 2 is 1.87 bits per heavy atom. The molecule has 9 heteroatoms. The average Bonchev–Trinajstić information content (AvgIpc) is 3.31. The summed E-state index contributed by atoms with van der Waals surface area (Å²) in [5.74, 6) is 1.96. The number of rotatable bonds is 7. The summed E-state index contributed by atoms with van der Waals surface area (Å²) >= 11 is 0. The summed E-state index contributed by atoms with van der Waals surface area (Å²) in [7, 11) is 3.42. The maximum absolute atomic E-state index is 12.4. The number of piperazine rings is 1. The summed E-state index contributed by atoms with van der Waals surface area (Å²) < 4.78 is 16.3. The van der Waals surface area contributed by atoms with Crippen molar-refractivity contribution in [2.45, 2.75) is 6.61 Å². The number of para-hydroxylation sites is 1. The van der Waals surface area contributed by atoms with Gasteiger partial charge in [0.05, 0.1) is 26.6 Å². The highest BCUT2D eigenvalue weighted by atomic mass is 127. The minimum atomic E-state index is -0.0673.